The van der Waals surface area contributed by atoms with Gasteiger partial charge in [0.2, 0.25) is 0 Å². The number of nitrogens with one attached hydrogen (secondary N) is 2. The molecule has 2 aliphatic heterocycles. The van der Waals surface area contributed by atoms with Gasteiger partial charge in [0.05, 0.1) is 28.8 Å². The molecule has 5 rings (SSSR count). The molecule has 0 spiro atoms. The first-order valence-corrected chi connectivity index (χ1v) is 11.3. The lowest BCUT2D eigenvalue weighted by Crippen LogP contribution is -2.45. The molecule has 1 unspecified atom stereocenters. The molecule has 7 nitrogen and oxygen atoms in total. The Kier molecular flexibility index (Phi) is 6.02. The maximum atomic E-state index is 14.5. The number of hydrogen-bond acceptors (Lipinski definition) is 7. The summed E-state index contributed by atoms with van der Waals surface area (Å²) in [5.74, 6) is -1.85. The van der Waals surface area contributed by atoms with Gasteiger partial charge in [0.1, 0.15) is 24.9 Å². The van der Waals surface area contributed by atoms with Crippen molar-refractivity contribution in [1.82, 2.24) is 20.2 Å². The van der Waals surface area contributed by atoms with Crippen LogP contribution in [0.1, 0.15) is 0 Å². The lowest BCUT2D eigenvalue weighted by molar-refractivity contribution is -0.0297. The Morgan fingerprint density at radius 2 is 2.12 bits per heavy atom. The first-order chi connectivity index (χ1) is 15.9. The molecule has 3 aromatic rings. The molecule has 11 heteroatoms. The largest absolute Gasteiger partial charge is 0.486 e. The second-order valence-electron chi connectivity index (χ2n) is 8.08. The number of aromatic nitrogens is 2. The first kappa shape index (κ1) is 22.2. The topological polar surface area (TPSA) is 71.5 Å². The average Bonchev–Trinajstić information content (AvgIpc) is 2.95. The summed E-state index contributed by atoms with van der Waals surface area (Å²) in [5, 5.41) is 6.38. The number of ether oxygens (including phenoxy) is 2. The number of nitrogens with zero attached hydrogens (tertiary/aromatic N) is 3. The van der Waals surface area contributed by atoms with Crippen LogP contribution in [0.25, 0.3) is 10.9 Å². The molecule has 1 aromatic heterocycles. The van der Waals surface area contributed by atoms with Gasteiger partial charge in [-0.25, -0.2) is 23.1 Å². The molecule has 0 bridgehead atoms. The summed E-state index contributed by atoms with van der Waals surface area (Å²) in [4.78, 5) is 10.2. The Morgan fingerprint density at radius 1 is 1.24 bits per heavy atom. The van der Waals surface area contributed by atoms with Crippen LogP contribution >= 0.6 is 15.9 Å². The SMILES string of the molecule is Fc1c(Br)cccc1Nc1ncnc2cc3c(cc12)OC(CN1CCNCC(F)(F)C1)CO3. The highest BCUT2D eigenvalue weighted by Crippen LogP contribution is 2.38. The van der Waals surface area contributed by atoms with Crippen molar-refractivity contribution in [2.45, 2.75) is 12.0 Å². The predicted octanol–water partition coefficient (Wildman–Crippen LogP) is 3.96. The Labute approximate surface area is 196 Å². The zero-order valence-corrected chi connectivity index (χ0v) is 19.0. The van der Waals surface area contributed by atoms with Crippen molar-refractivity contribution in [3.8, 4) is 11.5 Å². The maximum Gasteiger partial charge on any atom is 0.272 e. The summed E-state index contributed by atoms with van der Waals surface area (Å²) in [5.41, 5.74) is 0.856. The van der Waals surface area contributed by atoms with Crippen molar-refractivity contribution in [1.29, 1.82) is 0 Å². The molecular weight excluding hydrogens is 503 g/mol. The van der Waals surface area contributed by atoms with E-state index in [9.17, 15) is 13.2 Å². The Balaban J connectivity index is 1.39. The van der Waals surface area contributed by atoms with E-state index in [1.165, 1.54) is 6.33 Å². The minimum absolute atomic E-state index is 0.244. The highest BCUT2D eigenvalue weighted by atomic mass is 79.9. The quantitative estimate of drug-likeness (QED) is 0.536. The molecule has 1 fully saturated rings. The Bertz CT molecular complexity index is 1180. The second kappa shape index (κ2) is 8.96. The highest BCUT2D eigenvalue weighted by molar-refractivity contribution is 9.10. The second-order valence-corrected chi connectivity index (χ2v) is 8.94. The Morgan fingerprint density at radius 3 is 3.00 bits per heavy atom. The third-order valence-electron chi connectivity index (χ3n) is 5.53. The standard InChI is InChI=1S/C22H21BrF3N5O2/c23-15-2-1-3-16(20(15)24)30-21-14-6-19-18(7-17(14)28-12-29-21)32-9-13(33-19)8-31-5-4-27-10-22(25,26)11-31/h1-3,6-7,12-13,27H,4-5,8-11H2,(H,28,29,30). The van der Waals surface area contributed by atoms with Crippen LogP contribution in [-0.2, 0) is 0 Å². The van der Waals surface area contributed by atoms with E-state index in [2.05, 4.69) is 36.5 Å². The lowest BCUT2D eigenvalue weighted by atomic mass is 10.1. The van der Waals surface area contributed by atoms with Crippen LogP contribution < -0.4 is 20.1 Å². The van der Waals surface area contributed by atoms with Gasteiger partial charge in [-0.2, -0.15) is 0 Å². The molecular formula is C22H21BrF3N5O2. The predicted molar refractivity (Wildman–Crippen MR) is 121 cm³/mol. The fraction of sp³-hybridized carbons (Fsp3) is 0.364. The van der Waals surface area contributed by atoms with E-state index in [-0.39, 0.29) is 25.4 Å². The molecule has 0 amide bonds. The number of fused-ring (bicyclic) bond motifs is 2. The smallest absolute Gasteiger partial charge is 0.272 e. The van der Waals surface area contributed by atoms with Gasteiger partial charge in [-0.3, -0.25) is 4.90 Å². The van der Waals surface area contributed by atoms with E-state index < -0.39 is 17.8 Å². The van der Waals surface area contributed by atoms with E-state index in [1.54, 1.807) is 35.2 Å². The summed E-state index contributed by atoms with van der Waals surface area (Å²) >= 11 is 3.18. The van der Waals surface area contributed by atoms with Crippen molar-refractivity contribution in [3.05, 3.63) is 46.9 Å². The molecule has 174 valence electrons. The van der Waals surface area contributed by atoms with Crippen LogP contribution in [0.3, 0.4) is 0 Å². The summed E-state index contributed by atoms with van der Waals surface area (Å²) in [6.45, 7) is 0.893. The number of benzene rings is 2. The van der Waals surface area contributed by atoms with Crippen LogP contribution in [0, 0.1) is 5.82 Å². The molecule has 2 aromatic carbocycles. The molecule has 2 N–H and O–H groups in total. The van der Waals surface area contributed by atoms with Gasteiger partial charge in [0.25, 0.3) is 5.92 Å². The maximum absolute atomic E-state index is 14.5. The van der Waals surface area contributed by atoms with E-state index in [1.807, 2.05) is 0 Å². The number of rotatable bonds is 4. The molecule has 1 atom stereocenters. The van der Waals surface area contributed by atoms with Crippen LogP contribution in [0.5, 0.6) is 11.5 Å². The number of alkyl halides is 2. The summed E-state index contributed by atoms with van der Waals surface area (Å²) in [7, 11) is 0. The zero-order valence-electron chi connectivity index (χ0n) is 17.5. The normalized spacial score (nSPS) is 20.4. The number of hydrogen-bond donors (Lipinski definition) is 2. The third-order valence-corrected chi connectivity index (χ3v) is 6.14. The van der Waals surface area contributed by atoms with Crippen molar-refractivity contribution < 1.29 is 22.6 Å². The first-order valence-electron chi connectivity index (χ1n) is 10.5. The van der Waals surface area contributed by atoms with Crippen LogP contribution in [0.4, 0.5) is 24.7 Å². The van der Waals surface area contributed by atoms with E-state index in [0.29, 0.717) is 52.3 Å². The van der Waals surface area contributed by atoms with Gasteiger partial charge < -0.3 is 20.1 Å². The van der Waals surface area contributed by atoms with Gasteiger partial charge in [-0.15, -0.1) is 0 Å². The van der Waals surface area contributed by atoms with E-state index in [4.69, 9.17) is 9.47 Å². The third kappa shape index (κ3) is 4.85. The molecule has 0 saturated carbocycles. The summed E-state index contributed by atoms with van der Waals surface area (Å²) in [6, 6.07) is 8.39. The molecule has 0 aliphatic carbocycles. The van der Waals surface area contributed by atoms with Crippen LogP contribution in [0.2, 0.25) is 0 Å². The van der Waals surface area contributed by atoms with Crippen LogP contribution in [-0.4, -0.2) is 66.2 Å². The minimum Gasteiger partial charge on any atom is -0.486 e. The zero-order chi connectivity index (χ0) is 23.0. The van der Waals surface area contributed by atoms with Crippen LogP contribution in [0.15, 0.2) is 41.1 Å². The molecule has 2 aliphatic rings. The number of anilines is 2. The summed E-state index contributed by atoms with van der Waals surface area (Å²) < 4.78 is 54.6. The molecule has 1 saturated heterocycles. The van der Waals surface area contributed by atoms with Gasteiger partial charge in [-0.05, 0) is 34.1 Å². The number of halogens is 4. The molecule has 0 radical (unpaired) electrons. The molecule has 33 heavy (non-hydrogen) atoms. The van der Waals surface area contributed by atoms with Gasteiger partial charge >= 0.3 is 0 Å². The van der Waals surface area contributed by atoms with Gasteiger partial charge in [0, 0.05) is 31.1 Å². The van der Waals surface area contributed by atoms with Crippen molar-refractivity contribution >= 4 is 38.3 Å². The monoisotopic (exact) mass is 523 g/mol. The highest BCUT2D eigenvalue weighted by Gasteiger charge is 2.35. The fourth-order valence-corrected chi connectivity index (χ4v) is 4.36. The fourth-order valence-electron chi connectivity index (χ4n) is 4.00. The van der Waals surface area contributed by atoms with E-state index >= 15 is 0 Å². The van der Waals surface area contributed by atoms with E-state index in [0.717, 1.165) is 0 Å². The molecule has 3 heterocycles. The van der Waals surface area contributed by atoms with Crippen molar-refractivity contribution in [2.24, 2.45) is 0 Å². The minimum atomic E-state index is -2.79. The van der Waals surface area contributed by atoms with Crippen molar-refractivity contribution in [3.63, 3.8) is 0 Å². The van der Waals surface area contributed by atoms with Gasteiger partial charge in [0.15, 0.2) is 17.3 Å². The van der Waals surface area contributed by atoms with Crippen molar-refractivity contribution in [2.75, 3.05) is 44.6 Å². The summed E-state index contributed by atoms with van der Waals surface area (Å²) in [6.07, 6.45) is 0.972. The average molecular weight is 524 g/mol. The Hall–Kier alpha value is -2.63. The van der Waals surface area contributed by atoms with Gasteiger partial charge in [-0.1, -0.05) is 6.07 Å². The lowest BCUT2D eigenvalue weighted by Gasteiger charge is -2.31.